The molecule has 0 N–H and O–H groups in total. The van der Waals surface area contributed by atoms with E-state index in [9.17, 15) is 29.8 Å². The summed E-state index contributed by atoms with van der Waals surface area (Å²) in [5, 5.41) is 22.7. The lowest BCUT2D eigenvalue weighted by Gasteiger charge is -2.35. The summed E-state index contributed by atoms with van der Waals surface area (Å²) in [5.41, 5.74) is 0.796. The zero-order valence-corrected chi connectivity index (χ0v) is 17.6. The first-order valence-electron chi connectivity index (χ1n) is 9.97. The smallest absolute Gasteiger partial charge is 0.338 e. The van der Waals surface area contributed by atoms with E-state index in [2.05, 4.69) is 0 Å². The number of amides is 1. The quantitative estimate of drug-likeness (QED) is 0.378. The lowest BCUT2D eigenvalue weighted by atomic mass is 10.1. The Bertz CT molecular complexity index is 1080. The molecule has 0 unspecified atom stereocenters. The highest BCUT2D eigenvalue weighted by molar-refractivity contribution is 5.95. The maximum atomic E-state index is 12.8. The fourth-order valence-corrected chi connectivity index (χ4v) is 3.55. The molecule has 1 aliphatic rings. The molecule has 3 rings (SSSR count). The third-order valence-electron chi connectivity index (χ3n) is 5.24. The van der Waals surface area contributed by atoms with Crippen LogP contribution in [0.3, 0.4) is 0 Å². The van der Waals surface area contributed by atoms with Gasteiger partial charge in [-0.1, -0.05) is 6.07 Å². The summed E-state index contributed by atoms with van der Waals surface area (Å²) < 4.78 is 4.90. The molecule has 1 fully saturated rings. The van der Waals surface area contributed by atoms with Gasteiger partial charge in [0, 0.05) is 49.4 Å². The van der Waals surface area contributed by atoms with Crippen LogP contribution in [0.5, 0.6) is 0 Å². The van der Waals surface area contributed by atoms with E-state index in [0.29, 0.717) is 24.3 Å². The molecule has 0 bridgehead atoms. The fourth-order valence-electron chi connectivity index (χ4n) is 3.55. The Balaban J connectivity index is 1.75. The van der Waals surface area contributed by atoms with Crippen LogP contribution in [0, 0.1) is 27.2 Å². The number of hydrogen-bond donors (Lipinski definition) is 0. The van der Waals surface area contributed by atoms with Crippen molar-refractivity contribution in [3.8, 4) is 0 Å². The topological polar surface area (TPSA) is 136 Å². The van der Waals surface area contributed by atoms with E-state index in [-0.39, 0.29) is 48.1 Å². The Morgan fingerprint density at radius 1 is 0.938 bits per heavy atom. The van der Waals surface area contributed by atoms with Gasteiger partial charge in [0.25, 0.3) is 17.3 Å². The van der Waals surface area contributed by atoms with Crippen molar-refractivity contribution in [3.63, 3.8) is 0 Å². The standard InChI is InChI=1S/C21H22N4O7/c1-3-32-21(27)16-6-7-17(19(13-16)25(30)31)22-8-10-23(11-9-22)20(26)15-5-4-14(2)18(12-15)24(28)29/h4-7,12-13H,3,8-11H2,1-2H3. The molecule has 2 aromatic rings. The van der Waals surface area contributed by atoms with Crippen molar-refractivity contribution < 1.29 is 24.2 Å². The van der Waals surface area contributed by atoms with Crippen molar-refractivity contribution in [1.82, 2.24) is 4.90 Å². The SMILES string of the molecule is CCOC(=O)c1ccc(N2CCN(C(=O)c3ccc(C)c([N+](=O)[O-])c3)CC2)c([N+](=O)[O-])c1. The van der Waals surface area contributed by atoms with Crippen LogP contribution < -0.4 is 4.90 Å². The molecule has 1 aliphatic heterocycles. The number of piperazine rings is 1. The average molecular weight is 442 g/mol. The van der Waals surface area contributed by atoms with E-state index in [0.717, 1.165) is 0 Å². The van der Waals surface area contributed by atoms with E-state index in [1.54, 1.807) is 29.7 Å². The number of nitro benzene ring substituents is 2. The minimum Gasteiger partial charge on any atom is -0.462 e. The Morgan fingerprint density at radius 2 is 1.53 bits per heavy atom. The van der Waals surface area contributed by atoms with Gasteiger partial charge in [0.15, 0.2) is 0 Å². The minimum absolute atomic E-state index is 0.0945. The van der Waals surface area contributed by atoms with Gasteiger partial charge in [0.05, 0.1) is 22.0 Å². The van der Waals surface area contributed by atoms with Gasteiger partial charge in [-0.3, -0.25) is 25.0 Å². The summed E-state index contributed by atoms with van der Waals surface area (Å²) in [6.07, 6.45) is 0. The van der Waals surface area contributed by atoms with Crippen LogP contribution >= 0.6 is 0 Å². The second-order valence-electron chi connectivity index (χ2n) is 7.22. The van der Waals surface area contributed by atoms with Crippen molar-refractivity contribution >= 4 is 28.9 Å². The lowest BCUT2D eigenvalue weighted by molar-refractivity contribution is -0.385. The molecule has 1 amide bonds. The predicted molar refractivity (Wildman–Crippen MR) is 115 cm³/mol. The highest BCUT2D eigenvalue weighted by Gasteiger charge is 2.28. The van der Waals surface area contributed by atoms with Crippen molar-refractivity contribution in [2.75, 3.05) is 37.7 Å². The van der Waals surface area contributed by atoms with Crippen molar-refractivity contribution in [3.05, 3.63) is 73.3 Å². The maximum Gasteiger partial charge on any atom is 0.338 e. The Morgan fingerprint density at radius 3 is 2.12 bits per heavy atom. The van der Waals surface area contributed by atoms with Crippen molar-refractivity contribution in [2.45, 2.75) is 13.8 Å². The number of benzene rings is 2. The molecule has 0 saturated carbocycles. The maximum absolute atomic E-state index is 12.8. The zero-order chi connectivity index (χ0) is 23.4. The van der Waals surface area contributed by atoms with Gasteiger partial charge in [-0.05, 0) is 32.0 Å². The monoisotopic (exact) mass is 442 g/mol. The molecule has 1 heterocycles. The van der Waals surface area contributed by atoms with E-state index < -0.39 is 15.8 Å². The molecule has 2 aromatic carbocycles. The number of carbonyl (C=O) groups excluding carboxylic acids is 2. The summed E-state index contributed by atoms with van der Waals surface area (Å²) in [4.78, 5) is 49.7. The predicted octanol–water partition coefficient (Wildman–Crippen LogP) is 2.95. The molecule has 1 saturated heterocycles. The summed E-state index contributed by atoms with van der Waals surface area (Å²) >= 11 is 0. The highest BCUT2D eigenvalue weighted by Crippen LogP contribution is 2.31. The number of esters is 1. The third kappa shape index (κ3) is 4.66. The van der Waals surface area contributed by atoms with E-state index in [4.69, 9.17) is 4.74 Å². The van der Waals surface area contributed by atoms with Gasteiger partial charge in [0.1, 0.15) is 5.69 Å². The largest absolute Gasteiger partial charge is 0.462 e. The van der Waals surface area contributed by atoms with Crippen LogP contribution in [0.1, 0.15) is 33.2 Å². The summed E-state index contributed by atoms with van der Waals surface area (Å²) in [6, 6.07) is 8.53. The Hall–Kier alpha value is -4.02. The third-order valence-corrected chi connectivity index (χ3v) is 5.24. The first kappa shape index (κ1) is 22.7. The molecule has 168 valence electrons. The van der Waals surface area contributed by atoms with Crippen LogP contribution in [0.4, 0.5) is 17.1 Å². The fraction of sp³-hybridized carbons (Fsp3) is 0.333. The molecule has 11 nitrogen and oxygen atoms in total. The number of aryl methyl sites for hydroxylation is 1. The molecule has 0 radical (unpaired) electrons. The number of anilines is 1. The molecule has 11 heteroatoms. The molecule has 0 spiro atoms. The summed E-state index contributed by atoms with van der Waals surface area (Å²) in [5.74, 6) is -0.968. The second kappa shape index (κ2) is 9.41. The Kier molecular flexibility index (Phi) is 6.67. The Labute approximate surface area is 183 Å². The van der Waals surface area contributed by atoms with Crippen LogP contribution in [0.15, 0.2) is 36.4 Å². The number of carbonyl (C=O) groups is 2. The number of rotatable bonds is 6. The van der Waals surface area contributed by atoms with E-state index in [1.165, 1.54) is 30.3 Å². The highest BCUT2D eigenvalue weighted by atomic mass is 16.6. The van der Waals surface area contributed by atoms with Gasteiger partial charge in [-0.2, -0.15) is 0 Å². The molecular formula is C21H22N4O7. The van der Waals surface area contributed by atoms with Crippen LogP contribution in [0.25, 0.3) is 0 Å². The minimum atomic E-state index is -0.634. The van der Waals surface area contributed by atoms with Crippen molar-refractivity contribution in [1.29, 1.82) is 0 Å². The van der Waals surface area contributed by atoms with E-state index >= 15 is 0 Å². The molecule has 32 heavy (non-hydrogen) atoms. The van der Waals surface area contributed by atoms with Gasteiger partial charge in [-0.25, -0.2) is 4.79 Å². The lowest BCUT2D eigenvalue weighted by Crippen LogP contribution is -2.49. The number of ether oxygens (including phenoxy) is 1. The van der Waals surface area contributed by atoms with Crippen LogP contribution in [-0.4, -0.2) is 59.4 Å². The van der Waals surface area contributed by atoms with Gasteiger partial charge < -0.3 is 14.5 Å². The number of hydrogen-bond acceptors (Lipinski definition) is 8. The van der Waals surface area contributed by atoms with Crippen molar-refractivity contribution in [2.24, 2.45) is 0 Å². The molecule has 0 aliphatic carbocycles. The first-order valence-corrected chi connectivity index (χ1v) is 9.97. The molecular weight excluding hydrogens is 420 g/mol. The normalized spacial score (nSPS) is 13.6. The summed E-state index contributed by atoms with van der Waals surface area (Å²) in [7, 11) is 0. The van der Waals surface area contributed by atoms with Gasteiger partial charge in [-0.15, -0.1) is 0 Å². The van der Waals surface area contributed by atoms with Crippen LogP contribution in [-0.2, 0) is 4.74 Å². The average Bonchev–Trinajstić information content (AvgIpc) is 2.78. The van der Waals surface area contributed by atoms with E-state index in [1.807, 2.05) is 0 Å². The number of nitro groups is 2. The first-order chi connectivity index (χ1) is 15.2. The second-order valence-corrected chi connectivity index (χ2v) is 7.22. The zero-order valence-electron chi connectivity index (χ0n) is 17.6. The molecule has 0 aromatic heterocycles. The van der Waals surface area contributed by atoms with Gasteiger partial charge in [0.2, 0.25) is 0 Å². The number of nitrogens with zero attached hydrogens (tertiary/aromatic N) is 4. The summed E-state index contributed by atoms with van der Waals surface area (Å²) in [6.45, 7) is 4.66. The van der Waals surface area contributed by atoms with Gasteiger partial charge >= 0.3 is 5.97 Å². The van der Waals surface area contributed by atoms with Crippen LogP contribution in [0.2, 0.25) is 0 Å². The molecule has 0 atom stereocenters.